The van der Waals surface area contributed by atoms with Gasteiger partial charge in [-0.15, -0.1) is 5.10 Å². The molecule has 1 saturated heterocycles. The maximum absolute atomic E-state index is 12.5. The van der Waals surface area contributed by atoms with E-state index < -0.39 is 16.3 Å². The minimum absolute atomic E-state index is 0.0142. The summed E-state index contributed by atoms with van der Waals surface area (Å²) in [7, 11) is 0. The summed E-state index contributed by atoms with van der Waals surface area (Å²) in [5.41, 5.74) is 0.988. The van der Waals surface area contributed by atoms with Crippen molar-refractivity contribution in [3.05, 3.63) is 74.5 Å². The molecule has 0 amide bonds. The molecular formula is C23H23N9O5. The number of nitro groups is 1. The first kappa shape index (κ1) is 24.0. The van der Waals surface area contributed by atoms with Crippen molar-refractivity contribution in [3.8, 4) is 5.69 Å². The Labute approximate surface area is 209 Å². The van der Waals surface area contributed by atoms with Gasteiger partial charge in [0.2, 0.25) is 11.4 Å². The minimum Gasteiger partial charge on any atom is -0.477 e. The highest BCUT2D eigenvalue weighted by Gasteiger charge is 2.22. The Balaban J connectivity index is 1.26. The van der Waals surface area contributed by atoms with Crippen molar-refractivity contribution < 1.29 is 14.8 Å². The van der Waals surface area contributed by atoms with Crippen molar-refractivity contribution in [1.29, 1.82) is 0 Å². The van der Waals surface area contributed by atoms with E-state index >= 15 is 0 Å². The topological polar surface area (TPSA) is 165 Å². The number of nitrogens with zero attached hydrogens (tertiary/aromatic N) is 9. The first-order chi connectivity index (χ1) is 17.8. The number of carboxylic acids is 1. The molecule has 1 fully saturated rings. The monoisotopic (exact) mass is 505 g/mol. The lowest BCUT2D eigenvalue weighted by atomic mass is 10.2. The molecule has 3 aromatic heterocycles. The normalized spacial score (nSPS) is 14.2. The number of aromatic carboxylic acids is 1. The third-order valence-electron chi connectivity index (χ3n) is 6.28. The molecule has 0 spiro atoms. The minimum atomic E-state index is -1.28. The molecule has 14 nitrogen and oxygen atoms in total. The van der Waals surface area contributed by atoms with Gasteiger partial charge < -0.3 is 14.6 Å². The van der Waals surface area contributed by atoms with Crippen LogP contribution in [0.3, 0.4) is 0 Å². The summed E-state index contributed by atoms with van der Waals surface area (Å²) in [5, 5.41) is 28.7. The van der Waals surface area contributed by atoms with E-state index in [0.29, 0.717) is 43.5 Å². The van der Waals surface area contributed by atoms with Crippen LogP contribution in [0.4, 0.5) is 11.6 Å². The predicted octanol–water partition coefficient (Wildman–Crippen LogP) is 1.32. The van der Waals surface area contributed by atoms with Crippen molar-refractivity contribution in [2.75, 3.05) is 31.1 Å². The fourth-order valence-corrected chi connectivity index (χ4v) is 4.27. The molecule has 0 radical (unpaired) electrons. The lowest BCUT2D eigenvalue weighted by Crippen LogP contribution is -2.46. The van der Waals surface area contributed by atoms with Crippen molar-refractivity contribution >= 4 is 28.6 Å². The van der Waals surface area contributed by atoms with Crippen LogP contribution in [0.25, 0.3) is 16.7 Å². The zero-order valence-corrected chi connectivity index (χ0v) is 19.9. The first-order valence-electron chi connectivity index (χ1n) is 11.6. The second-order valence-electron chi connectivity index (χ2n) is 8.56. The number of benzene rings is 1. The fraction of sp³-hybridized carbons (Fsp3) is 0.304. The molecule has 37 heavy (non-hydrogen) atoms. The van der Waals surface area contributed by atoms with Gasteiger partial charge in [-0.25, -0.2) is 14.5 Å². The van der Waals surface area contributed by atoms with E-state index in [1.807, 2.05) is 11.8 Å². The largest absolute Gasteiger partial charge is 0.477 e. The number of hydrogen-bond acceptors (Lipinski definition) is 10. The van der Waals surface area contributed by atoms with Gasteiger partial charge in [-0.1, -0.05) is 5.21 Å². The molecule has 0 bridgehead atoms. The molecule has 190 valence electrons. The van der Waals surface area contributed by atoms with Gasteiger partial charge in [0, 0.05) is 63.8 Å². The maximum atomic E-state index is 12.5. The van der Waals surface area contributed by atoms with Crippen LogP contribution in [0.15, 0.2) is 47.7 Å². The van der Waals surface area contributed by atoms with E-state index in [2.05, 4.69) is 25.2 Å². The Hall–Kier alpha value is -4.72. The van der Waals surface area contributed by atoms with Gasteiger partial charge in [-0.2, -0.15) is 4.98 Å². The lowest BCUT2D eigenvalue weighted by Gasteiger charge is -2.34. The number of rotatable bonds is 7. The van der Waals surface area contributed by atoms with E-state index in [9.17, 15) is 24.8 Å². The Morgan fingerprint density at radius 3 is 2.51 bits per heavy atom. The van der Waals surface area contributed by atoms with Crippen molar-refractivity contribution in [2.24, 2.45) is 0 Å². The average molecular weight is 505 g/mol. The van der Waals surface area contributed by atoms with Crippen molar-refractivity contribution in [2.45, 2.75) is 20.0 Å². The number of aryl methyl sites for hydroxylation is 1. The van der Waals surface area contributed by atoms with Crippen LogP contribution in [-0.2, 0) is 13.1 Å². The van der Waals surface area contributed by atoms with Gasteiger partial charge in [-0.05, 0) is 19.1 Å². The van der Waals surface area contributed by atoms with Crippen LogP contribution < -0.4 is 10.3 Å². The number of non-ortho nitro benzene ring substituents is 1. The Kier molecular flexibility index (Phi) is 6.31. The van der Waals surface area contributed by atoms with Gasteiger partial charge in [0.25, 0.3) is 5.69 Å². The molecule has 0 saturated carbocycles. The summed E-state index contributed by atoms with van der Waals surface area (Å²) in [5.74, 6) is -0.789. The van der Waals surface area contributed by atoms with Crippen LogP contribution in [0.2, 0.25) is 0 Å². The van der Waals surface area contributed by atoms with Gasteiger partial charge >= 0.3 is 5.97 Å². The molecular weight excluding hydrogens is 482 g/mol. The van der Waals surface area contributed by atoms with Gasteiger partial charge in [0.1, 0.15) is 11.2 Å². The highest BCUT2D eigenvalue weighted by atomic mass is 16.6. The van der Waals surface area contributed by atoms with E-state index in [0.717, 1.165) is 18.8 Å². The van der Waals surface area contributed by atoms with Crippen LogP contribution in [-0.4, -0.2) is 76.6 Å². The molecule has 4 aromatic rings. The molecule has 4 heterocycles. The number of hydrogen-bond donors (Lipinski definition) is 1. The number of nitro benzene ring substituents is 1. The van der Waals surface area contributed by atoms with E-state index in [4.69, 9.17) is 0 Å². The highest BCUT2D eigenvalue weighted by Crippen LogP contribution is 2.18. The quantitative estimate of drug-likeness (QED) is 0.284. The first-order valence-corrected chi connectivity index (χ1v) is 11.6. The number of piperazine rings is 1. The number of aromatic nitrogens is 6. The third kappa shape index (κ3) is 4.73. The molecule has 0 atom stereocenters. The summed E-state index contributed by atoms with van der Waals surface area (Å²) in [6, 6.07) is 6.10. The molecule has 0 unspecified atom stereocenters. The van der Waals surface area contributed by atoms with Crippen LogP contribution >= 0.6 is 0 Å². The molecule has 1 aliphatic heterocycles. The second kappa shape index (κ2) is 9.73. The molecule has 1 aromatic carbocycles. The standard InChI is InChI=1S/C23H23N9O5/c1-2-29-14-19(22(34)35)20(33)18-11-24-23(25-21(18)29)30-9-7-28(8-10-30)12-15-13-31(27-26-15)16-3-5-17(6-4-16)32(36)37/h3-6,11,13-14H,2,7-10,12H2,1H3,(H,34,35). The van der Waals surface area contributed by atoms with Gasteiger partial charge in [-0.3, -0.25) is 19.8 Å². The van der Waals surface area contributed by atoms with E-state index in [1.54, 1.807) is 27.6 Å². The second-order valence-corrected chi connectivity index (χ2v) is 8.56. The zero-order valence-electron chi connectivity index (χ0n) is 19.9. The highest BCUT2D eigenvalue weighted by molar-refractivity contribution is 5.91. The van der Waals surface area contributed by atoms with Gasteiger partial charge in [0.05, 0.1) is 27.9 Å². The molecule has 1 N–H and O–H groups in total. The summed E-state index contributed by atoms with van der Waals surface area (Å²) in [6.07, 6.45) is 4.53. The molecule has 1 aliphatic rings. The van der Waals surface area contributed by atoms with E-state index in [1.165, 1.54) is 24.5 Å². The van der Waals surface area contributed by atoms with Crippen LogP contribution in [0, 0.1) is 10.1 Å². The maximum Gasteiger partial charge on any atom is 0.341 e. The smallest absolute Gasteiger partial charge is 0.341 e. The summed E-state index contributed by atoms with van der Waals surface area (Å²) >= 11 is 0. The molecule has 14 heteroatoms. The SMILES string of the molecule is CCn1cc(C(=O)O)c(=O)c2cnc(N3CCN(Cc4cn(-c5ccc([N+](=O)[O-])cc5)nn4)CC3)nc21. The average Bonchev–Trinajstić information content (AvgIpc) is 3.37. The molecule has 0 aliphatic carbocycles. The summed E-state index contributed by atoms with van der Waals surface area (Å²) in [4.78, 5) is 47.6. The summed E-state index contributed by atoms with van der Waals surface area (Å²) in [6.45, 7) is 5.67. The van der Waals surface area contributed by atoms with E-state index in [-0.39, 0.29) is 16.6 Å². The lowest BCUT2D eigenvalue weighted by molar-refractivity contribution is -0.384. The number of carboxylic acid groups (broad SMARTS) is 1. The number of pyridine rings is 1. The summed E-state index contributed by atoms with van der Waals surface area (Å²) < 4.78 is 3.23. The predicted molar refractivity (Wildman–Crippen MR) is 132 cm³/mol. The Bertz CT molecular complexity index is 1540. The van der Waals surface area contributed by atoms with Crippen molar-refractivity contribution in [1.82, 2.24) is 34.4 Å². The number of anilines is 1. The van der Waals surface area contributed by atoms with Crippen LogP contribution in [0.1, 0.15) is 23.0 Å². The molecule has 5 rings (SSSR count). The Morgan fingerprint density at radius 2 is 1.86 bits per heavy atom. The van der Waals surface area contributed by atoms with Crippen LogP contribution in [0.5, 0.6) is 0 Å². The number of carbonyl (C=O) groups is 1. The zero-order chi connectivity index (χ0) is 26.1. The van der Waals surface area contributed by atoms with Gasteiger partial charge in [0.15, 0.2) is 0 Å². The number of fused-ring (bicyclic) bond motifs is 1. The Morgan fingerprint density at radius 1 is 1.14 bits per heavy atom. The third-order valence-corrected chi connectivity index (χ3v) is 6.28. The van der Waals surface area contributed by atoms with Crippen molar-refractivity contribution in [3.63, 3.8) is 0 Å². The fourth-order valence-electron chi connectivity index (χ4n) is 4.27.